The van der Waals surface area contributed by atoms with Gasteiger partial charge in [-0.1, -0.05) is 30.3 Å². The van der Waals surface area contributed by atoms with Crippen molar-refractivity contribution < 1.29 is 9.53 Å². The molecular formula is C23H38IN5O2. The topological polar surface area (TPSA) is 69.2 Å². The van der Waals surface area contributed by atoms with E-state index in [0.717, 1.165) is 64.7 Å². The minimum absolute atomic E-state index is 0. The van der Waals surface area contributed by atoms with Crippen molar-refractivity contribution in [3.8, 4) is 0 Å². The fourth-order valence-corrected chi connectivity index (χ4v) is 4.28. The molecule has 0 aliphatic carbocycles. The maximum absolute atomic E-state index is 11.6. The van der Waals surface area contributed by atoms with Crippen molar-refractivity contribution in [1.29, 1.82) is 0 Å². The van der Waals surface area contributed by atoms with Crippen LogP contribution >= 0.6 is 24.0 Å². The zero-order valence-electron chi connectivity index (χ0n) is 19.1. The normalized spacial score (nSPS) is 20.0. The number of hydrogen-bond donors (Lipinski definition) is 2. The highest BCUT2D eigenvalue weighted by Crippen LogP contribution is 2.26. The van der Waals surface area contributed by atoms with Crippen LogP contribution in [0.25, 0.3) is 0 Å². The van der Waals surface area contributed by atoms with Crippen LogP contribution in [0, 0.1) is 0 Å². The first-order valence-corrected chi connectivity index (χ1v) is 11.2. The minimum Gasteiger partial charge on any atom is -0.381 e. The predicted octanol–water partition coefficient (Wildman–Crippen LogP) is 2.63. The average molecular weight is 543 g/mol. The summed E-state index contributed by atoms with van der Waals surface area (Å²) < 4.78 is 5.66. The second-order valence-electron chi connectivity index (χ2n) is 8.33. The monoisotopic (exact) mass is 543 g/mol. The van der Waals surface area contributed by atoms with Crippen LogP contribution in [0.4, 0.5) is 0 Å². The second-order valence-corrected chi connectivity index (χ2v) is 8.33. The molecule has 2 aliphatic rings. The van der Waals surface area contributed by atoms with Crippen molar-refractivity contribution in [2.45, 2.75) is 45.2 Å². The van der Waals surface area contributed by atoms with Crippen LogP contribution in [0.1, 0.15) is 45.2 Å². The van der Waals surface area contributed by atoms with Crippen LogP contribution in [0.15, 0.2) is 35.3 Å². The van der Waals surface area contributed by atoms with Crippen LogP contribution in [-0.4, -0.2) is 79.7 Å². The van der Waals surface area contributed by atoms with Crippen LogP contribution in [-0.2, 0) is 9.53 Å². The molecular weight excluding hydrogens is 505 g/mol. The Morgan fingerprint density at radius 2 is 1.74 bits per heavy atom. The van der Waals surface area contributed by atoms with Crippen molar-refractivity contribution in [3.63, 3.8) is 0 Å². The third-order valence-electron chi connectivity index (χ3n) is 6.16. The largest absolute Gasteiger partial charge is 0.381 e. The average Bonchev–Trinajstić information content (AvgIpc) is 2.78. The number of piperazine rings is 1. The molecule has 0 saturated carbocycles. The van der Waals surface area contributed by atoms with Crippen molar-refractivity contribution in [2.24, 2.45) is 4.99 Å². The van der Waals surface area contributed by atoms with Crippen LogP contribution < -0.4 is 10.6 Å². The van der Waals surface area contributed by atoms with Gasteiger partial charge < -0.3 is 25.2 Å². The molecule has 1 amide bonds. The van der Waals surface area contributed by atoms with E-state index in [0.29, 0.717) is 6.54 Å². The van der Waals surface area contributed by atoms with Gasteiger partial charge in [0.05, 0.1) is 6.54 Å². The number of aliphatic imine (C=N–C) groups is 1. The van der Waals surface area contributed by atoms with Gasteiger partial charge in [-0.15, -0.1) is 24.0 Å². The van der Waals surface area contributed by atoms with Gasteiger partial charge in [0, 0.05) is 64.4 Å². The summed E-state index contributed by atoms with van der Waals surface area (Å²) in [5.41, 5.74) is 1.22. The van der Waals surface area contributed by atoms with Gasteiger partial charge in [-0.3, -0.25) is 9.79 Å². The molecule has 0 bridgehead atoms. The summed E-state index contributed by atoms with van der Waals surface area (Å²) in [7, 11) is 0. The first kappa shape index (κ1) is 25.9. The Hall–Kier alpha value is -1.39. The van der Waals surface area contributed by atoms with Crippen molar-refractivity contribution in [1.82, 2.24) is 20.4 Å². The molecule has 2 saturated heterocycles. The zero-order valence-corrected chi connectivity index (χ0v) is 21.4. The number of nitrogens with zero attached hydrogens (tertiary/aromatic N) is 3. The molecule has 0 aromatic heterocycles. The lowest BCUT2D eigenvalue weighted by atomic mass is 9.88. The maximum Gasteiger partial charge on any atom is 0.219 e. The lowest BCUT2D eigenvalue weighted by Crippen LogP contribution is -2.55. The molecule has 8 heteroatoms. The van der Waals surface area contributed by atoms with Crippen molar-refractivity contribution in [3.05, 3.63) is 35.9 Å². The third-order valence-corrected chi connectivity index (χ3v) is 6.16. The summed E-state index contributed by atoms with van der Waals surface area (Å²) in [6.45, 7) is 12.2. The molecule has 0 spiro atoms. The predicted molar refractivity (Wildman–Crippen MR) is 136 cm³/mol. The highest BCUT2D eigenvalue weighted by Gasteiger charge is 2.34. The van der Waals surface area contributed by atoms with E-state index in [1.165, 1.54) is 5.56 Å². The molecule has 2 N–H and O–H groups in total. The van der Waals surface area contributed by atoms with Gasteiger partial charge >= 0.3 is 0 Å². The fraction of sp³-hybridized carbons (Fsp3) is 0.652. The molecule has 2 aliphatic heterocycles. The van der Waals surface area contributed by atoms with Gasteiger partial charge in [0.1, 0.15) is 0 Å². The number of benzene rings is 1. The number of rotatable bonds is 6. The van der Waals surface area contributed by atoms with Crippen molar-refractivity contribution >= 4 is 35.8 Å². The lowest BCUT2D eigenvalue weighted by Gasteiger charge is -2.40. The number of nitrogens with one attached hydrogen (secondary N) is 2. The standard InChI is InChI=1S/C23H37N5O2.HI/c1-4-24-22(28-14-12-27(13-15-28)20(3)29)25-18-23(10-16-30-17-11-23)26-19(2)21-8-6-5-7-9-21;/h5-9,19,26H,4,10-18H2,1-3H3,(H,24,25);1H. The highest BCUT2D eigenvalue weighted by atomic mass is 127. The summed E-state index contributed by atoms with van der Waals surface area (Å²) in [6.07, 6.45) is 1.90. The first-order valence-electron chi connectivity index (χ1n) is 11.2. The van der Waals surface area contributed by atoms with Gasteiger partial charge in [0.15, 0.2) is 5.96 Å². The van der Waals surface area contributed by atoms with Gasteiger partial charge in [0.2, 0.25) is 5.91 Å². The summed E-state index contributed by atoms with van der Waals surface area (Å²) >= 11 is 0. The first-order chi connectivity index (χ1) is 14.5. The molecule has 7 nitrogen and oxygen atoms in total. The number of hydrogen-bond acceptors (Lipinski definition) is 4. The molecule has 1 atom stereocenters. The van der Waals surface area contributed by atoms with E-state index < -0.39 is 0 Å². The number of carbonyl (C=O) groups excluding carboxylic acids is 1. The Morgan fingerprint density at radius 3 is 2.32 bits per heavy atom. The zero-order chi connectivity index (χ0) is 21.4. The Kier molecular flexibility index (Phi) is 10.5. The van der Waals surface area contributed by atoms with E-state index in [1.54, 1.807) is 6.92 Å². The van der Waals surface area contributed by atoms with Crippen LogP contribution in [0.2, 0.25) is 0 Å². The molecule has 31 heavy (non-hydrogen) atoms. The number of halogens is 1. The molecule has 1 unspecified atom stereocenters. The second kappa shape index (κ2) is 12.6. The highest BCUT2D eigenvalue weighted by molar-refractivity contribution is 14.0. The molecule has 1 aromatic carbocycles. The molecule has 0 radical (unpaired) electrons. The Bertz CT molecular complexity index is 701. The van der Waals surface area contributed by atoms with Gasteiger partial charge in [-0.2, -0.15) is 0 Å². The van der Waals surface area contributed by atoms with E-state index in [1.807, 2.05) is 4.90 Å². The quantitative estimate of drug-likeness (QED) is 0.328. The van der Waals surface area contributed by atoms with E-state index in [9.17, 15) is 4.79 Å². The SMILES string of the molecule is CCNC(=NCC1(NC(C)c2ccccc2)CCOCC1)N1CCN(C(C)=O)CC1.I. The summed E-state index contributed by atoms with van der Waals surface area (Å²) in [6, 6.07) is 10.8. The molecule has 1 aromatic rings. The summed E-state index contributed by atoms with van der Waals surface area (Å²) in [5, 5.41) is 7.34. The third kappa shape index (κ3) is 7.32. The number of carbonyl (C=O) groups is 1. The van der Waals surface area contributed by atoms with E-state index in [4.69, 9.17) is 9.73 Å². The van der Waals surface area contributed by atoms with E-state index >= 15 is 0 Å². The van der Waals surface area contributed by atoms with Gasteiger partial charge in [-0.25, -0.2) is 0 Å². The minimum atomic E-state index is -0.0740. The van der Waals surface area contributed by atoms with Gasteiger partial charge in [0.25, 0.3) is 0 Å². The summed E-state index contributed by atoms with van der Waals surface area (Å²) in [5.74, 6) is 1.09. The summed E-state index contributed by atoms with van der Waals surface area (Å²) in [4.78, 5) is 20.9. The Morgan fingerprint density at radius 1 is 1.13 bits per heavy atom. The van der Waals surface area contributed by atoms with Crippen molar-refractivity contribution in [2.75, 3.05) is 52.5 Å². The van der Waals surface area contributed by atoms with Crippen LogP contribution in [0.5, 0.6) is 0 Å². The number of amides is 1. The number of ether oxygens (including phenoxy) is 1. The molecule has 2 heterocycles. The maximum atomic E-state index is 11.6. The van der Waals surface area contributed by atoms with Gasteiger partial charge in [-0.05, 0) is 32.3 Å². The molecule has 174 valence electrons. The smallest absolute Gasteiger partial charge is 0.219 e. The Labute approximate surface area is 204 Å². The molecule has 3 rings (SSSR count). The van der Waals surface area contributed by atoms with E-state index in [-0.39, 0.29) is 41.5 Å². The number of guanidine groups is 1. The molecule has 2 fully saturated rings. The lowest BCUT2D eigenvalue weighted by molar-refractivity contribution is -0.130. The van der Waals surface area contributed by atoms with E-state index in [2.05, 4.69) is 59.7 Å². The van der Waals surface area contributed by atoms with Crippen LogP contribution in [0.3, 0.4) is 0 Å². The fourth-order valence-electron chi connectivity index (χ4n) is 4.28. The Balaban J connectivity index is 0.00000341.